The topological polar surface area (TPSA) is 76.7 Å². The Morgan fingerprint density at radius 3 is 2.32 bits per heavy atom. The Bertz CT molecular complexity index is 818. The van der Waals surface area contributed by atoms with E-state index in [1.807, 2.05) is 18.2 Å². The quantitative estimate of drug-likeness (QED) is 0.607. The normalized spacial score (nSPS) is 10.9. The van der Waals surface area contributed by atoms with E-state index >= 15 is 0 Å². The lowest BCUT2D eigenvalue weighted by Gasteiger charge is -2.19. The molecule has 6 nitrogen and oxygen atoms in total. The maximum Gasteiger partial charge on any atom is 0.407 e. The molecule has 150 valence electrons. The van der Waals surface area contributed by atoms with Gasteiger partial charge in [0.15, 0.2) is 5.75 Å². The van der Waals surface area contributed by atoms with Crippen LogP contribution in [-0.2, 0) is 9.53 Å². The van der Waals surface area contributed by atoms with Crippen LogP contribution in [0, 0.1) is 0 Å². The largest absolute Gasteiger partial charge is 0.454 e. The van der Waals surface area contributed by atoms with Crippen molar-refractivity contribution in [2.45, 2.75) is 39.2 Å². The highest BCUT2D eigenvalue weighted by molar-refractivity contribution is 6.32. The number of nitrogens with one attached hydrogen (secondary N) is 2. The number of anilines is 1. The summed E-state index contributed by atoms with van der Waals surface area (Å²) in [5.74, 6) is 0.824. The fraction of sp³-hybridized carbons (Fsp3) is 0.333. The first-order valence-corrected chi connectivity index (χ1v) is 9.40. The maximum atomic E-state index is 12.2. The molecule has 2 aromatic carbocycles. The van der Waals surface area contributed by atoms with Gasteiger partial charge in [-0.1, -0.05) is 35.9 Å². The number of rotatable bonds is 7. The first-order chi connectivity index (χ1) is 13.2. The number of carbonyl (C=O) groups is 2. The summed E-state index contributed by atoms with van der Waals surface area (Å²) in [6.45, 7) is 5.73. The van der Waals surface area contributed by atoms with E-state index in [0.29, 0.717) is 35.2 Å². The molecule has 0 radical (unpaired) electrons. The standard InChI is InChI=1S/C21H25ClN2O4/c1-21(2,3)28-20(26)23-14-8-13-19(25)24-16-10-5-7-12-18(16)27-17-11-6-4-9-15(17)22/h4-7,9-12H,8,13-14H2,1-3H3,(H,23,26)(H,24,25). The van der Waals surface area contributed by atoms with Crippen molar-refractivity contribution in [3.8, 4) is 11.5 Å². The average Bonchev–Trinajstić information content (AvgIpc) is 2.61. The molecule has 7 heteroatoms. The van der Waals surface area contributed by atoms with Gasteiger partial charge in [-0.15, -0.1) is 0 Å². The SMILES string of the molecule is CC(C)(C)OC(=O)NCCCC(=O)Nc1ccccc1Oc1ccccc1Cl. The highest BCUT2D eigenvalue weighted by atomic mass is 35.5. The van der Waals surface area contributed by atoms with E-state index in [2.05, 4.69) is 10.6 Å². The first-order valence-electron chi connectivity index (χ1n) is 9.03. The van der Waals surface area contributed by atoms with Crippen LogP contribution in [0.15, 0.2) is 48.5 Å². The number of ether oxygens (including phenoxy) is 2. The van der Waals surface area contributed by atoms with E-state index in [1.165, 1.54) is 0 Å². The summed E-state index contributed by atoms with van der Waals surface area (Å²) in [6, 6.07) is 14.2. The van der Waals surface area contributed by atoms with Gasteiger partial charge in [0.25, 0.3) is 0 Å². The summed E-state index contributed by atoms with van der Waals surface area (Å²) >= 11 is 6.13. The molecule has 28 heavy (non-hydrogen) atoms. The van der Waals surface area contributed by atoms with Crippen molar-refractivity contribution in [1.29, 1.82) is 0 Å². The molecule has 0 fully saturated rings. The number of benzene rings is 2. The van der Waals surface area contributed by atoms with E-state index in [1.54, 1.807) is 51.1 Å². The zero-order chi connectivity index (χ0) is 20.6. The van der Waals surface area contributed by atoms with Gasteiger partial charge in [-0.3, -0.25) is 4.79 Å². The predicted octanol–water partition coefficient (Wildman–Crippen LogP) is 5.38. The second-order valence-electron chi connectivity index (χ2n) is 7.11. The molecule has 0 heterocycles. The number of halogens is 1. The Morgan fingerprint density at radius 1 is 1.00 bits per heavy atom. The van der Waals surface area contributed by atoms with E-state index in [9.17, 15) is 9.59 Å². The van der Waals surface area contributed by atoms with E-state index in [0.717, 1.165) is 0 Å². The number of para-hydroxylation sites is 3. The molecule has 0 saturated carbocycles. The van der Waals surface area contributed by atoms with Crippen LogP contribution in [0.3, 0.4) is 0 Å². The second-order valence-corrected chi connectivity index (χ2v) is 7.52. The number of carbonyl (C=O) groups excluding carboxylic acids is 2. The van der Waals surface area contributed by atoms with Gasteiger partial charge in [0.1, 0.15) is 11.4 Å². The van der Waals surface area contributed by atoms with Gasteiger partial charge in [0.2, 0.25) is 5.91 Å². The summed E-state index contributed by atoms with van der Waals surface area (Å²) in [6.07, 6.45) is 0.237. The van der Waals surface area contributed by atoms with Gasteiger partial charge in [-0.2, -0.15) is 0 Å². The predicted molar refractivity (Wildman–Crippen MR) is 110 cm³/mol. The average molecular weight is 405 g/mol. The van der Waals surface area contributed by atoms with Gasteiger partial charge in [0.05, 0.1) is 10.7 Å². The summed E-state index contributed by atoms with van der Waals surface area (Å²) in [5, 5.41) is 5.94. The summed E-state index contributed by atoms with van der Waals surface area (Å²) in [7, 11) is 0. The minimum Gasteiger partial charge on any atom is -0.454 e. The van der Waals surface area contributed by atoms with Gasteiger partial charge < -0.3 is 20.1 Å². The van der Waals surface area contributed by atoms with Gasteiger partial charge in [-0.05, 0) is 51.5 Å². The lowest BCUT2D eigenvalue weighted by molar-refractivity contribution is -0.116. The Labute approximate surface area is 170 Å². The Kier molecular flexibility index (Phi) is 7.70. The zero-order valence-corrected chi connectivity index (χ0v) is 17.0. The van der Waals surface area contributed by atoms with E-state index < -0.39 is 11.7 Å². The third kappa shape index (κ3) is 7.48. The lowest BCUT2D eigenvalue weighted by atomic mass is 10.2. The van der Waals surface area contributed by atoms with Gasteiger partial charge in [0, 0.05) is 13.0 Å². The second kappa shape index (κ2) is 9.99. The van der Waals surface area contributed by atoms with E-state index in [-0.39, 0.29) is 12.3 Å². The highest BCUT2D eigenvalue weighted by Crippen LogP contribution is 2.33. The van der Waals surface area contributed by atoms with Crippen molar-refractivity contribution in [3.63, 3.8) is 0 Å². The summed E-state index contributed by atoms with van der Waals surface area (Å²) in [4.78, 5) is 23.8. The van der Waals surface area contributed by atoms with Gasteiger partial charge in [-0.25, -0.2) is 4.79 Å². The van der Waals surface area contributed by atoms with Crippen LogP contribution >= 0.6 is 11.6 Å². The van der Waals surface area contributed by atoms with E-state index in [4.69, 9.17) is 21.1 Å². The molecule has 2 N–H and O–H groups in total. The Morgan fingerprint density at radius 2 is 1.64 bits per heavy atom. The third-order valence-electron chi connectivity index (χ3n) is 3.47. The molecule has 2 amide bonds. The number of hydrogen-bond donors (Lipinski definition) is 2. The summed E-state index contributed by atoms with van der Waals surface area (Å²) < 4.78 is 11.0. The van der Waals surface area contributed by atoms with Crippen molar-refractivity contribution in [2.24, 2.45) is 0 Å². The van der Waals surface area contributed by atoms with Crippen LogP contribution in [0.5, 0.6) is 11.5 Å². The molecule has 0 atom stereocenters. The molecule has 0 aliphatic rings. The molecule has 0 aliphatic heterocycles. The van der Waals surface area contributed by atoms with Gasteiger partial charge >= 0.3 is 6.09 Å². The fourth-order valence-corrected chi connectivity index (χ4v) is 2.45. The molecule has 0 spiro atoms. The third-order valence-corrected chi connectivity index (χ3v) is 3.78. The molecule has 0 saturated heterocycles. The lowest BCUT2D eigenvalue weighted by Crippen LogP contribution is -2.33. The zero-order valence-electron chi connectivity index (χ0n) is 16.3. The number of amides is 2. The molecule has 2 aromatic rings. The van der Waals surface area contributed by atoms with Crippen molar-refractivity contribution in [1.82, 2.24) is 5.32 Å². The van der Waals surface area contributed by atoms with Crippen LogP contribution in [0.4, 0.5) is 10.5 Å². The molecular weight excluding hydrogens is 380 g/mol. The van der Waals surface area contributed by atoms with Crippen molar-refractivity contribution in [2.75, 3.05) is 11.9 Å². The molecule has 0 bridgehead atoms. The first kappa shape index (κ1) is 21.6. The van der Waals surface area contributed by atoms with Crippen molar-refractivity contribution >= 4 is 29.3 Å². The highest BCUT2D eigenvalue weighted by Gasteiger charge is 2.15. The molecule has 2 rings (SSSR count). The molecular formula is C21H25ClN2O4. The molecule has 0 aromatic heterocycles. The van der Waals surface area contributed by atoms with Crippen LogP contribution in [0.1, 0.15) is 33.6 Å². The monoisotopic (exact) mass is 404 g/mol. The van der Waals surface area contributed by atoms with Crippen LogP contribution in [0.25, 0.3) is 0 Å². The minimum absolute atomic E-state index is 0.179. The number of hydrogen-bond acceptors (Lipinski definition) is 4. The Hall–Kier alpha value is -2.73. The fourth-order valence-electron chi connectivity index (χ4n) is 2.27. The van der Waals surface area contributed by atoms with Crippen molar-refractivity contribution < 1.29 is 19.1 Å². The molecule has 0 aliphatic carbocycles. The van der Waals surface area contributed by atoms with Crippen molar-refractivity contribution in [3.05, 3.63) is 53.6 Å². The summed E-state index contributed by atoms with van der Waals surface area (Å²) in [5.41, 5.74) is -0.000161. The Balaban J connectivity index is 1.84. The molecule has 0 unspecified atom stereocenters. The smallest absolute Gasteiger partial charge is 0.407 e. The van der Waals surface area contributed by atoms with Crippen LogP contribution < -0.4 is 15.4 Å². The number of alkyl carbamates (subject to hydrolysis) is 1. The van der Waals surface area contributed by atoms with Crippen LogP contribution in [-0.4, -0.2) is 24.1 Å². The maximum absolute atomic E-state index is 12.2. The van der Waals surface area contributed by atoms with Crippen LogP contribution in [0.2, 0.25) is 5.02 Å². The minimum atomic E-state index is -0.549.